The van der Waals surface area contributed by atoms with Gasteiger partial charge in [-0.25, -0.2) is 14.4 Å². The zero-order chi connectivity index (χ0) is 14.8. The average molecular weight is 285 g/mol. The van der Waals surface area contributed by atoms with Crippen LogP contribution in [0, 0.1) is 12.7 Å². The number of hydrogen-bond donors (Lipinski definition) is 1. The van der Waals surface area contributed by atoms with E-state index in [2.05, 4.69) is 10.3 Å². The summed E-state index contributed by atoms with van der Waals surface area (Å²) in [6.45, 7) is 1.90. The van der Waals surface area contributed by atoms with Gasteiger partial charge in [0.1, 0.15) is 11.6 Å². The van der Waals surface area contributed by atoms with Gasteiger partial charge in [0, 0.05) is 23.9 Å². The lowest BCUT2D eigenvalue weighted by molar-refractivity contribution is 0.627. The van der Waals surface area contributed by atoms with Crippen LogP contribution >= 0.6 is 0 Å². The summed E-state index contributed by atoms with van der Waals surface area (Å²) in [5.41, 5.74) is 4.16. The molecule has 3 nitrogen and oxygen atoms in total. The highest BCUT2D eigenvalue weighted by Gasteiger charge is 2.17. The Kier molecular flexibility index (Phi) is 3.86. The van der Waals surface area contributed by atoms with Crippen LogP contribution in [0.3, 0.4) is 0 Å². The highest BCUT2D eigenvalue weighted by atomic mass is 19.1. The predicted molar refractivity (Wildman–Crippen MR) is 83.0 cm³/mol. The first-order chi connectivity index (χ1) is 10.2. The summed E-state index contributed by atoms with van der Waals surface area (Å²) in [6.07, 6.45) is 5.65. The minimum Gasteiger partial charge on any atom is -0.373 e. The van der Waals surface area contributed by atoms with Crippen LogP contribution in [0.1, 0.15) is 36.1 Å². The molecule has 0 atom stereocenters. The number of benzene rings is 1. The van der Waals surface area contributed by atoms with Gasteiger partial charge in [-0.1, -0.05) is 6.42 Å². The molecule has 0 bridgehead atoms. The van der Waals surface area contributed by atoms with Gasteiger partial charge in [-0.15, -0.1) is 0 Å². The molecule has 4 heteroatoms. The summed E-state index contributed by atoms with van der Waals surface area (Å²) in [5.74, 6) is 1.39. The summed E-state index contributed by atoms with van der Waals surface area (Å²) in [4.78, 5) is 9.43. The first kappa shape index (κ1) is 14.0. The normalized spacial score (nSPS) is 14.4. The van der Waals surface area contributed by atoms with Gasteiger partial charge < -0.3 is 5.32 Å². The topological polar surface area (TPSA) is 37.8 Å². The number of rotatable bonds is 2. The Labute approximate surface area is 124 Å². The van der Waals surface area contributed by atoms with Gasteiger partial charge >= 0.3 is 0 Å². The van der Waals surface area contributed by atoms with E-state index in [0.29, 0.717) is 5.82 Å². The fraction of sp³-hybridized carbons (Fsp3) is 0.412. The van der Waals surface area contributed by atoms with Crippen molar-refractivity contribution in [3.63, 3.8) is 0 Å². The van der Waals surface area contributed by atoms with Crippen LogP contribution in [0.2, 0.25) is 0 Å². The Bertz CT molecular complexity index is 667. The monoisotopic (exact) mass is 285 g/mol. The second kappa shape index (κ2) is 5.80. The molecule has 3 rings (SSSR count). The van der Waals surface area contributed by atoms with Crippen molar-refractivity contribution in [3.05, 3.63) is 40.8 Å². The summed E-state index contributed by atoms with van der Waals surface area (Å²) in [5, 5.41) is 3.20. The van der Waals surface area contributed by atoms with Crippen molar-refractivity contribution < 1.29 is 4.39 Å². The molecule has 0 radical (unpaired) electrons. The van der Waals surface area contributed by atoms with Gasteiger partial charge in [0.15, 0.2) is 5.82 Å². The van der Waals surface area contributed by atoms with Crippen molar-refractivity contribution in [2.45, 2.75) is 39.0 Å². The molecule has 0 amide bonds. The molecule has 1 heterocycles. The fourth-order valence-corrected chi connectivity index (χ4v) is 2.98. The van der Waals surface area contributed by atoms with E-state index in [1.54, 1.807) is 6.07 Å². The molecule has 21 heavy (non-hydrogen) atoms. The summed E-state index contributed by atoms with van der Waals surface area (Å²) >= 11 is 0. The average Bonchev–Trinajstić information content (AvgIpc) is 2.71. The number of aromatic nitrogens is 2. The first-order valence-electron chi connectivity index (χ1n) is 7.53. The smallest absolute Gasteiger partial charge is 0.162 e. The highest BCUT2D eigenvalue weighted by molar-refractivity contribution is 5.63. The van der Waals surface area contributed by atoms with E-state index in [1.165, 1.54) is 37.0 Å². The summed E-state index contributed by atoms with van der Waals surface area (Å²) in [6, 6.07) is 4.77. The zero-order valence-electron chi connectivity index (χ0n) is 12.5. The van der Waals surface area contributed by atoms with Crippen LogP contribution in [0.5, 0.6) is 0 Å². The number of nitrogens with one attached hydrogen (secondary N) is 1. The number of anilines is 1. The van der Waals surface area contributed by atoms with Gasteiger partial charge in [-0.3, -0.25) is 0 Å². The van der Waals surface area contributed by atoms with Crippen molar-refractivity contribution in [3.8, 4) is 11.4 Å². The molecule has 110 valence electrons. The van der Waals surface area contributed by atoms with Crippen LogP contribution in [0.4, 0.5) is 10.2 Å². The molecule has 1 N–H and O–H groups in total. The Balaban J connectivity index is 2.13. The summed E-state index contributed by atoms with van der Waals surface area (Å²) < 4.78 is 13.3. The maximum Gasteiger partial charge on any atom is 0.162 e. The minimum absolute atomic E-state index is 0.222. The second-order valence-electron chi connectivity index (χ2n) is 5.59. The lowest BCUT2D eigenvalue weighted by Crippen LogP contribution is -2.07. The Hall–Kier alpha value is -1.97. The quantitative estimate of drug-likeness (QED) is 0.850. The van der Waals surface area contributed by atoms with Crippen LogP contribution in [-0.2, 0) is 12.8 Å². The molecule has 2 aromatic rings. The van der Waals surface area contributed by atoms with Crippen LogP contribution in [0.15, 0.2) is 18.2 Å². The molecule has 0 spiro atoms. The van der Waals surface area contributed by atoms with Gasteiger partial charge in [0.2, 0.25) is 0 Å². The molecule has 0 unspecified atom stereocenters. The third kappa shape index (κ3) is 2.75. The predicted octanol–water partition coefficient (Wildman–Crippen LogP) is 3.90. The van der Waals surface area contributed by atoms with Gasteiger partial charge in [0.05, 0.1) is 0 Å². The standard InChI is InChI=1S/C17H20FN3/c1-11-10-12(18)8-9-13(11)17-20-15-7-5-3-4-6-14(15)16(19-2)21-17/h8-10H,3-7H2,1-2H3,(H,19,20,21). The third-order valence-electron chi connectivity index (χ3n) is 4.10. The van der Waals surface area contributed by atoms with Crippen LogP contribution in [0.25, 0.3) is 11.4 Å². The molecule has 0 saturated carbocycles. The largest absolute Gasteiger partial charge is 0.373 e. The van der Waals surface area contributed by atoms with Gasteiger partial charge in [0.25, 0.3) is 0 Å². The van der Waals surface area contributed by atoms with E-state index in [4.69, 9.17) is 4.98 Å². The van der Waals surface area contributed by atoms with E-state index in [0.717, 1.165) is 35.5 Å². The minimum atomic E-state index is -0.222. The van der Waals surface area contributed by atoms with Crippen molar-refractivity contribution in [2.75, 3.05) is 12.4 Å². The number of hydrogen-bond acceptors (Lipinski definition) is 3. The molecule has 0 saturated heterocycles. The third-order valence-corrected chi connectivity index (χ3v) is 4.10. The number of halogens is 1. The molecular formula is C17H20FN3. The molecule has 0 aliphatic heterocycles. The van der Waals surface area contributed by atoms with E-state index >= 15 is 0 Å². The maximum absolute atomic E-state index is 13.3. The van der Waals surface area contributed by atoms with Crippen molar-refractivity contribution in [2.24, 2.45) is 0 Å². The Morgan fingerprint density at radius 1 is 1.10 bits per heavy atom. The Morgan fingerprint density at radius 3 is 2.67 bits per heavy atom. The highest BCUT2D eigenvalue weighted by Crippen LogP contribution is 2.29. The lowest BCUT2D eigenvalue weighted by atomic mass is 10.1. The van der Waals surface area contributed by atoms with Crippen LogP contribution in [-0.4, -0.2) is 17.0 Å². The van der Waals surface area contributed by atoms with Gasteiger partial charge in [-0.2, -0.15) is 0 Å². The zero-order valence-corrected chi connectivity index (χ0v) is 12.5. The fourth-order valence-electron chi connectivity index (χ4n) is 2.98. The summed E-state index contributed by atoms with van der Waals surface area (Å²) in [7, 11) is 1.90. The van der Waals surface area contributed by atoms with Crippen molar-refractivity contribution in [1.29, 1.82) is 0 Å². The lowest BCUT2D eigenvalue weighted by Gasteiger charge is -2.14. The van der Waals surface area contributed by atoms with Crippen molar-refractivity contribution >= 4 is 5.82 Å². The molecular weight excluding hydrogens is 265 g/mol. The number of nitrogens with zero attached hydrogens (tertiary/aromatic N) is 2. The van der Waals surface area contributed by atoms with E-state index in [-0.39, 0.29) is 5.82 Å². The maximum atomic E-state index is 13.3. The SMILES string of the molecule is CNc1nc(-c2ccc(F)cc2C)nc2c1CCCCC2. The first-order valence-corrected chi connectivity index (χ1v) is 7.53. The molecule has 1 aliphatic carbocycles. The van der Waals surface area contributed by atoms with E-state index < -0.39 is 0 Å². The van der Waals surface area contributed by atoms with Gasteiger partial charge in [-0.05, 0) is 56.4 Å². The molecule has 1 aliphatic rings. The number of aryl methyl sites for hydroxylation is 2. The molecule has 0 fully saturated rings. The van der Waals surface area contributed by atoms with Crippen LogP contribution < -0.4 is 5.32 Å². The Morgan fingerprint density at radius 2 is 1.90 bits per heavy atom. The molecule has 1 aromatic carbocycles. The van der Waals surface area contributed by atoms with E-state index in [9.17, 15) is 4.39 Å². The van der Waals surface area contributed by atoms with E-state index in [1.807, 2.05) is 14.0 Å². The molecule has 1 aromatic heterocycles. The second-order valence-corrected chi connectivity index (χ2v) is 5.59. The van der Waals surface area contributed by atoms with Crippen molar-refractivity contribution in [1.82, 2.24) is 9.97 Å². The number of fused-ring (bicyclic) bond motifs is 1.